The van der Waals surface area contributed by atoms with E-state index in [4.69, 9.17) is 0 Å². The molecule has 0 aliphatic heterocycles. The Bertz CT molecular complexity index is 803. The van der Waals surface area contributed by atoms with E-state index in [1.807, 2.05) is 20.2 Å². The maximum absolute atomic E-state index is 12.4. The van der Waals surface area contributed by atoms with Crippen LogP contribution in [-0.2, 0) is 6.54 Å². The Balaban J connectivity index is 2.02. The second kappa shape index (κ2) is 5.01. The highest BCUT2D eigenvalue weighted by molar-refractivity contribution is 5.78. The van der Waals surface area contributed by atoms with Crippen LogP contribution in [0.1, 0.15) is 6.42 Å². The van der Waals surface area contributed by atoms with Crippen molar-refractivity contribution < 1.29 is 0 Å². The Kier molecular flexibility index (Phi) is 3.19. The summed E-state index contributed by atoms with van der Waals surface area (Å²) >= 11 is 0. The molecule has 0 saturated heterocycles. The molecule has 3 aromatic heterocycles. The number of aryl methyl sites for hydroxylation is 1. The van der Waals surface area contributed by atoms with Gasteiger partial charge < -0.3 is 9.47 Å². The van der Waals surface area contributed by atoms with E-state index in [1.165, 1.54) is 6.33 Å². The van der Waals surface area contributed by atoms with Crippen LogP contribution in [0.2, 0.25) is 0 Å². The molecule has 0 amide bonds. The minimum Gasteiger partial charge on any atom is -0.315 e. The highest BCUT2D eigenvalue weighted by Gasteiger charge is 2.08. The molecule has 104 valence electrons. The minimum atomic E-state index is -0.0360. The summed E-state index contributed by atoms with van der Waals surface area (Å²) in [7, 11) is 4.04. The average molecular weight is 272 g/mol. The monoisotopic (exact) mass is 272 g/mol. The second-order valence-corrected chi connectivity index (χ2v) is 5.00. The molecule has 0 aliphatic rings. The van der Waals surface area contributed by atoms with Crippen LogP contribution in [0, 0.1) is 0 Å². The summed E-state index contributed by atoms with van der Waals surface area (Å²) in [6, 6.07) is 1.88. The van der Waals surface area contributed by atoms with Crippen LogP contribution in [0.15, 0.2) is 29.6 Å². The van der Waals surface area contributed by atoms with Gasteiger partial charge in [0.2, 0.25) is 0 Å². The van der Waals surface area contributed by atoms with Gasteiger partial charge in [0.15, 0.2) is 0 Å². The first-order chi connectivity index (χ1) is 9.66. The lowest BCUT2D eigenvalue weighted by molar-refractivity contribution is 0.385. The van der Waals surface area contributed by atoms with E-state index in [1.54, 1.807) is 21.5 Å². The van der Waals surface area contributed by atoms with E-state index in [2.05, 4.69) is 20.0 Å². The van der Waals surface area contributed by atoms with Gasteiger partial charge in [0.05, 0.1) is 10.9 Å². The maximum Gasteiger partial charge on any atom is 0.261 e. The van der Waals surface area contributed by atoms with E-state index >= 15 is 0 Å². The van der Waals surface area contributed by atoms with Crippen molar-refractivity contribution in [3.8, 4) is 0 Å². The van der Waals surface area contributed by atoms with Crippen LogP contribution in [0.25, 0.3) is 16.7 Å². The summed E-state index contributed by atoms with van der Waals surface area (Å²) in [5.41, 5.74) is 0.701. The van der Waals surface area contributed by atoms with E-state index in [0.29, 0.717) is 17.7 Å². The number of hydrogen-bond acceptors (Lipinski definition) is 5. The lowest BCUT2D eigenvalue weighted by Gasteiger charge is -2.11. The number of rotatable bonds is 4. The van der Waals surface area contributed by atoms with Crippen molar-refractivity contribution in [1.82, 2.24) is 29.0 Å². The van der Waals surface area contributed by atoms with Gasteiger partial charge in [-0.1, -0.05) is 0 Å². The number of hydrogen-bond donors (Lipinski definition) is 0. The van der Waals surface area contributed by atoms with Gasteiger partial charge in [-0.2, -0.15) is 14.6 Å². The van der Waals surface area contributed by atoms with Crippen LogP contribution in [-0.4, -0.2) is 49.7 Å². The molecule has 3 heterocycles. The predicted octanol–water partition coefficient (Wildman–Crippen LogP) is 0.391. The number of nitrogens with zero attached hydrogens (tertiary/aromatic N) is 6. The summed E-state index contributed by atoms with van der Waals surface area (Å²) in [6.45, 7) is 1.65. The van der Waals surface area contributed by atoms with Crippen LogP contribution in [0.5, 0.6) is 0 Å². The van der Waals surface area contributed by atoms with Gasteiger partial charge >= 0.3 is 0 Å². The van der Waals surface area contributed by atoms with E-state index in [-0.39, 0.29) is 5.56 Å². The van der Waals surface area contributed by atoms with Crippen molar-refractivity contribution in [2.24, 2.45) is 0 Å². The fourth-order valence-corrected chi connectivity index (χ4v) is 2.24. The third kappa shape index (κ3) is 2.16. The zero-order valence-electron chi connectivity index (χ0n) is 11.5. The molecule has 7 nitrogen and oxygen atoms in total. The van der Waals surface area contributed by atoms with E-state index in [9.17, 15) is 4.79 Å². The highest BCUT2D eigenvalue weighted by atomic mass is 16.1. The molecule has 0 unspecified atom stereocenters. The molecule has 7 heteroatoms. The molecule has 0 aromatic carbocycles. The summed E-state index contributed by atoms with van der Waals surface area (Å²) < 4.78 is 3.30. The predicted molar refractivity (Wildman–Crippen MR) is 75.7 cm³/mol. The zero-order valence-corrected chi connectivity index (χ0v) is 11.5. The van der Waals surface area contributed by atoms with Crippen LogP contribution in [0.3, 0.4) is 0 Å². The van der Waals surface area contributed by atoms with Crippen molar-refractivity contribution in [3.63, 3.8) is 0 Å². The van der Waals surface area contributed by atoms with Crippen molar-refractivity contribution in [2.45, 2.75) is 13.0 Å². The van der Waals surface area contributed by atoms with Crippen molar-refractivity contribution in [2.75, 3.05) is 20.6 Å². The first-order valence-corrected chi connectivity index (χ1v) is 6.49. The van der Waals surface area contributed by atoms with Crippen LogP contribution >= 0.6 is 0 Å². The maximum atomic E-state index is 12.4. The molecular formula is C13H16N6O. The molecule has 20 heavy (non-hydrogen) atoms. The quantitative estimate of drug-likeness (QED) is 0.687. The van der Waals surface area contributed by atoms with Gasteiger partial charge in [0, 0.05) is 18.9 Å². The third-order valence-corrected chi connectivity index (χ3v) is 3.25. The van der Waals surface area contributed by atoms with Crippen molar-refractivity contribution >= 4 is 16.7 Å². The fraction of sp³-hybridized carbons (Fsp3) is 0.385. The van der Waals surface area contributed by atoms with Gasteiger partial charge in [-0.3, -0.25) is 4.79 Å². The van der Waals surface area contributed by atoms with Crippen LogP contribution < -0.4 is 5.56 Å². The summed E-state index contributed by atoms with van der Waals surface area (Å²) in [6.07, 6.45) is 5.74. The lowest BCUT2D eigenvalue weighted by Crippen LogP contribution is -2.23. The fourth-order valence-electron chi connectivity index (χ4n) is 2.24. The topological polar surface area (TPSA) is 68.3 Å². The Morgan fingerprint density at radius 2 is 2.15 bits per heavy atom. The normalized spacial score (nSPS) is 11.8. The summed E-state index contributed by atoms with van der Waals surface area (Å²) in [5, 5.41) is 4.66. The second-order valence-electron chi connectivity index (χ2n) is 5.00. The molecule has 3 aromatic rings. The van der Waals surface area contributed by atoms with E-state index in [0.717, 1.165) is 18.5 Å². The Morgan fingerprint density at radius 1 is 1.30 bits per heavy atom. The molecule has 0 fully saturated rings. The van der Waals surface area contributed by atoms with Crippen LogP contribution in [0.4, 0.5) is 0 Å². The number of pyridine rings is 1. The largest absolute Gasteiger partial charge is 0.315 e. The smallest absolute Gasteiger partial charge is 0.261 e. The van der Waals surface area contributed by atoms with Gasteiger partial charge in [-0.05, 0) is 33.1 Å². The van der Waals surface area contributed by atoms with Gasteiger partial charge in [0.25, 0.3) is 11.3 Å². The molecule has 0 aliphatic carbocycles. The molecule has 0 spiro atoms. The summed E-state index contributed by atoms with van der Waals surface area (Å²) in [5.74, 6) is 0.502. The van der Waals surface area contributed by atoms with E-state index < -0.39 is 0 Å². The molecule has 0 bridgehead atoms. The molecule has 0 saturated carbocycles. The molecule has 0 radical (unpaired) electrons. The van der Waals surface area contributed by atoms with Crippen molar-refractivity contribution in [1.29, 1.82) is 0 Å². The number of fused-ring (bicyclic) bond motifs is 3. The first kappa shape index (κ1) is 12.7. The van der Waals surface area contributed by atoms with Crippen molar-refractivity contribution in [3.05, 3.63) is 35.1 Å². The Labute approximate surface area is 115 Å². The number of aromatic nitrogens is 5. The first-order valence-electron chi connectivity index (χ1n) is 6.49. The summed E-state index contributed by atoms with van der Waals surface area (Å²) in [4.78, 5) is 22.7. The molecule has 0 atom stereocenters. The average Bonchev–Trinajstić information content (AvgIpc) is 2.89. The highest BCUT2D eigenvalue weighted by Crippen LogP contribution is 2.08. The van der Waals surface area contributed by atoms with Gasteiger partial charge in [0.1, 0.15) is 6.33 Å². The third-order valence-electron chi connectivity index (χ3n) is 3.25. The Hall–Kier alpha value is -2.28. The standard InChI is InChI=1S/C13H16N6O/c1-17(2)5-3-6-18-7-4-11-10(12(18)20)8-14-13-15-9-16-19(11)13/h4,7-9H,3,5-6H2,1-2H3. The minimum absolute atomic E-state index is 0.0360. The molecular weight excluding hydrogens is 256 g/mol. The Morgan fingerprint density at radius 3 is 2.95 bits per heavy atom. The molecule has 3 rings (SSSR count). The molecule has 0 N–H and O–H groups in total. The van der Waals surface area contributed by atoms with Gasteiger partial charge in [-0.25, -0.2) is 4.98 Å². The SMILES string of the molecule is CN(C)CCCn1ccc2c(cnc3ncnn32)c1=O. The lowest BCUT2D eigenvalue weighted by atomic mass is 10.3. The van der Waals surface area contributed by atoms with Gasteiger partial charge in [-0.15, -0.1) is 0 Å². The zero-order chi connectivity index (χ0) is 14.1.